The lowest BCUT2D eigenvalue weighted by Crippen LogP contribution is -2.34. The largest absolute Gasteiger partial charge is 0.349 e. The van der Waals surface area contributed by atoms with Crippen LogP contribution in [0.4, 0.5) is 0 Å². The van der Waals surface area contributed by atoms with Gasteiger partial charge in [-0.25, -0.2) is 0 Å². The van der Waals surface area contributed by atoms with Gasteiger partial charge in [0.15, 0.2) is 5.78 Å². The fraction of sp³-hybridized carbons (Fsp3) is 0.750. The molecule has 0 aliphatic rings. The van der Waals surface area contributed by atoms with Crippen molar-refractivity contribution in [2.45, 2.75) is 39.2 Å². The smallest absolute Gasteiger partial charge is 0.207 e. The van der Waals surface area contributed by atoms with Gasteiger partial charge in [0.05, 0.1) is 6.04 Å². The minimum atomic E-state index is -0.271. The van der Waals surface area contributed by atoms with E-state index in [1.165, 1.54) is 6.92 Å². The van der Waals surface area contributed by atoms with Gasteiger partial charge >= 0.3 is 0 Å². The van der Waals surface area contributed by atoms with Crippen molar-refractivity contribution >= 4 is 12.2 Å². The predicted molar refractivity (Wildman–Crippen MR) is 43.2 cm³/mol. The zero-order valence-electron chi connectivity index (χ0n) is 7.09. The van der Waals surface area contributed by atoms with Crippen molar-refractivity contribution in [1.82, 2.24) is 5.32 Å². The molecule has 1 unspecified atom stereocenters. The van der Waals surface area contributed by atoms with Gasteiger partial charge in [0.2, 0.25) is 6.41 Å². The molecule has 1 amide bonds. The number of hydrogen-bond donors (Lipinski definition) is 1. The lowest BCUT2D eigenvalue weighted by molar-refractivity contribution is -0.122. The van der Waals surface area contributed by atoms with E-state index in [0.717, 1.165) is 19.3 Å². The molecule has 0 bridgehead atoms. The van der Waals surface area contributed by atoms with Crippen LogP contribution in [0.3, 0.4) is 0 Å². The van der Waals surface area contributed by atoms with Gasteiger partial charge in [0.1, 0.15) is 0 Å². The first-order valence-corrected chi connectivity index (χ1v) is 3.92. The quantitative estimate of drug-likeness (QED) is 0.582. The van der Waals surface area contributed by atoms with Crippen molar-refractivity contribution in [1.29, 1.82) is 0 Å². The van der Waals surface area contributed by atoms with Gasteiger partial charge in [0.25, 0.3) is 0 Å². The minimum Gasteiger partial charge on any atom is -0.349 e. The molecule has 11 heavy (non-hydrogen) atoms. The first-order chi connectivity index (χ1) is 5.22. The number of nitrogens with one attached hydrogen (secondary N) is 1. The highest BCUT2D eigenvalue weighted by atomic mass is 16.1. The maximum absolute atomic E-state index is 10.8. The second-order valence-electron chi connectivity index (χ2n) is 2.59. The Labute approximate surface area is 67.2 Å². The van der Waals surface area contributed by atoms with Crippen LogP contribution in [0.5, 0.6) is 0 Å². The number of unbranched alkanes of at least 4 members (excludes halogenated alkanes) is 1. The minimum absolute atomic E-state index is 0.0329. The van der Waals surface area contributed by atoms with Crippen LogP contribution in [0.15, 0.2) is 0 Å². The Balaban J connectivity index is 3.69. The fourth-order valence-corrected chi connectivity index (χ4v) is 0.894. The van der Waals surface area contributed by atoms with E-state index in [-0.39, 0.29) is 11.8 Å². The van der Waals surface area contributed by atoms with Crippen LogP contribution in [0, 0.1) is 0 Å². The summed E-state index contributed by atoms with van der Waals surface area (Å²) in [6.07, 6.45) is 3.36. The molecule has 0 heterocycles. The molecule has 0 spiro atoms. The molecular formula is C8H15NO2. The van der Waals surface area contributed by atoms with Crippen molar-refractivity contribution in [2.24, 2.45) is 0 Å². The van der Waals surface area contributed by atoms with E-state index >= 15 is 0 Å². The monoisotopic (exact) mass is 157 g/mol. The Bertz CT molecular complexity index is 134. The summed E-state index contributed by atoms with van der Waals surface area (Å²) < 4.78 is 0. The molecule has 0 saturated heterocycles. The van der Waals surface area contributed by atoms with E-state index in [1.54, 1.807) is 0 Å². The van der Waals surface area contributed by atoms with Crippen LogP contribution in [-0.4, -0.2) is 18.2 Å². The molecule has 0 radical (unpaired) electrons. The second kappa shape index (κ2) is 5.89. The molecule has 64 valence electrons. The summed E-state index contributed by atoms with van der Waals surface area (Å²) in [7, 11) is 0. The van der Waals surface area contributed by atoms with Crippen LogP contribution in [0.2, 0.25) is 0 Å². The standard InChI is InChI=1S/C8H15NO2/c1-3-4-5-8(7(2)11)9-6-10/h6,8H,3-5H2,1-2H3,(H,9,10). The lowest BCUT2D eigenvalue weighted by Gasteiger charge is -2.10. The molecule has 0 saturated carbocycles. The molecule has 1 N–H and O–H groups in total. The first-order valence-electron chi connectivity index (χ1n) is 3.92. The van der Waals surface area contributed by atoms with Crippen LogP contribution < -0.4 is 5.32 Å². The molecule has 3 heteroatoms. The molecule has 0 fully saturated rings. The van der Waals surface area contributed by atoms with E-state index in [2.05, 4.69) is 12.2 Å². The molecule has 0 aromatic heterocycles. The van der Waals surface area contributed by atoms with E-state index in [9.17, 15) is 9.59 Å². The summed E-state index contributed by atoms with van der Waals surface area (Å²) in [5.74, 6) is 0.0329. The van der Waals surface area contributed by atoms with Crippen molar-refractivity contribution in [3.63, 3.8) is 0 Å². The Morgan fingerprint density at radius 1 is 1.64 bits per heavy atom. The zero-order valence-corrected chi connectivity index (χ0v) is 7.09. The van der Waals surface area contributed by atoms with Crippen molar-refractivity contribution in [3.05, 3.63) is 0 Å². The van der Waals surface area contributed by atoms with Gasteiger partial charge in [-0.05, 0) is 13.3 Å². The highest BCUT2D eigenvalue weighted by Gasteiger charge is 2.10. The highest BCUT2D eigenvalue weighted by Crippen LogP contribution is 2.00. The van der Waals surface area contributed by atoms with E-state index < -0.39 is 0 Å². The number of carbonyl (C=O) groups is 2. The van der Waals surface area contributed by atoms with E-state index in [4.69, 9.17) is 0 Å². The van der Waals surface area contributed by atoms with Gasteiger partial charge in [-0.15, -0.1) is 0 Å². The number of hydrogen-bond acceptors (Lipinski definition) is 2. The third-order valence-electron chi connectivity index (χ3n) is 1.61. The Morgan fingerprint density at radius 2 is 2.27 bits per heavy atom. The average molecular weight is 157 g/mol. The molecule has 1 atom stereocenters. The summed E-state index contributed by atoms with van der Waals surface area (Å²) in [5, 5.41) is 2.49. The second-order valence-corrected chi connectivity index (χ2v) is 2.59. The maximum Gasteiger partial charge on any atom is 0.207 e. The van der Waals surface area contributed by atoms with E-state index in [1.807, 2.05) is 0 Å². The number of amides is 1. The van der Waals surface area contributed by atoms with Crippen molar-refractivity contribution < 1.29 is 9.59 Å². The maximum atomic E-state index is 10.8. The SMILES string of the molecule is CCCCC(NC=O)C(C)=O. The molecule has 0 aromatic carbocycles. The highest BCUT2D eigenvalue weighted by molar-refractivity contribution is 5.83. The summed E-state index contributed by atoms with van der Waals surface area (Å²) in [4.78, 5) is 20.8. The Kier molecular flexibility index (Phi) is 5.43. The topological polar surface area (TPSA) is 46.2 Å². The molecule has 0 aromatic rings. The third kappa shape index (κ3) is 4.53. The number of carbonyl (C=O) groups excluding carboxylic acids is 2. The number of rotatable bonds is 6. The van der Waals surface area contributed by atoms with Gasteiger partial charge in [-0.1, -0.05) is 19.8 Å². The van der Waals surface area contributed by atoms with Crippen LogP contribution in [0.25, 0.3) is 0 Å². The fourth-order valence-electron chi connectivity index (χ4n) is 0.894. The van der Waals surface area contributed by atoms with E-state index in [0.29, 0.717) is 6.41 Å². The normalized spacial score (nSPS) is 12.2. The summed E-state index contributed by atoms with van der Waals surface area (Å²) in [6.45, 7) is 3.55. The van der Waals surface area contributed by atoms with Gasteiger partial charge in [-0.3, -0.25) is 9.59 Å². The van der Waals surface area contributed by atoms with Gasteiger partial charge in [0, 0.05) is 0 Å². The molecule has 0 aliphatic carbocycles. The lowest BCUT2D eigenvalue weighted by atomic mass is 10.1. The molecule has 0 rings (SSSR count). The Morgan fingerprint density at radius 3 is 2.64 bits per heavy atom. The first kappa shape index (κ1) is 10.1. The van der Waals surface area contributed by atoms with Crippen LogP contribution in [0.1, 0.15) is 33.1 Å². The zero-order chi connectivity index (χ0) is 8.69. The van der Waals surface area contributed by atoms with Crippen molar-refractivity contribution in [3.8, 4) is 0 Å². The third-order valence-corrected chi connectivity index (χ3v) is 1.61. The molecular weight excluding hydrogens is 142 g/mol. The van der Waals surface area contributed by atoms with Crippen LogP contribution in [-0.2, 0) is 9.59 Å². The van der Waals surface area contributed by atoms with Crippen molar-refractivity contribution in [2.75, 3.05) is 0 Å². The summed E-state index contributed by atoms with van der Waals surface area (Å²) in [6, 6.07) is -0.271. The van der Waals surface area contributed by atoms with Gasteiger partial charge in [-0.2, -0.15) is 0 Å². The number of Topliss-reactive ketones (excluding diaryl/α,β-unsaturated/α-hetero) is 1. The predicted octanol–water partition coefficient (Wildman–Crippen LogP) is 0.880. The number of ketones is 1. The Hall–Kier alpha value is -0.860. The van der Waals surface area contributed by atoms with Gasteiger partial charge < -0.3 is 5.32 Å². The molecule has 0 aliphatic heterocycles. The summed E-state index contributed by atoms with van der Waals surface area (Å²) in [5.41, 5.74) is 0. The average Bonchev–Trinajstić information content (AvgIpc) is 1.97. The molecule has 3 nitrogen and oxygen atoms in total. The summed E-state index contributed by atoms with van der Waals surface area (Å²) >= 11 is 0. The van der Waals surface area contributed by atoms with Crippen LogP contribution >= 0.6 is 0 Å².